The van der Waals surface area contributed by atoms with Gasteiger partial charge in [-0.2, -0.15) is 10.1 Å². The molecule has 1 aromatic heterocycles. The molecule has 1 fully saturated rings. The van der Waals surface area contributed by atoms with Gasteiger partial charge in [0, 0.05) is 13.2 Å². The lowest BCUT2D eigenvalue weighted by Gasteiger charge is -2.24. The molecular weight excluding hydrogens is 264 g/mol. The first-order valence-electron chi connectivity index (χ1n) is 7.70. The van der Waals surface area contributed by atoms with Crippen molar-refractivity contribution in [2.75, 3.05) is 18.5 Å². The molecule has 5 nitrogen and oxygen atoms in total. The number of fused-ring (bicyclic) bond motifs is 1. The topological polar surface area (TPSA) is 52.0 Å². The largest absolute Gasteiger partial charge is 0.370 e. The standard InChI is InChI=1S/C16H20N4O/c1-11-4-2-5-12(10-11)13-7-8-17-16-18-15(19-20(13)16)14-6-3-9-21-14/h2,4-5,10,13-14H,3,6-9H2,1H3,(H,17,18,19). The minimum Gasteiger partial charge on any atom is -0.370 e. The van der Waals surface area contributed by atoms with Crippen molar-refractivity contribution in [3.63, 3.8) is 0 Å². The Bertz CT molecular complexity index is 645. The molecule has 0 saturated carbocycles. The molecule has 5 heteroatoms. The van der Waals surface area contributed by atoms with Crippen LogP contribution in [0.2, 0.25) is 0 Å². The molecule has 2 aliphatic rings. The first-order chi connectivity index (χ1) is 10.3. The number of hydrogen-bond donors (Lipinski definition) is 1. The van der Waals surface area contributed by atoms with Crippen LogP contribution in [0.5, 0.6) is 0 Å². The molecular formula is C16H20N4O. The van der Waals surface area contributed by atoms with Crippen LogP contribution in [0, 0.1) is 6.92 Å². The van der Waals surface area contributed by atoms with Crippen molar-refractivity contribution < 1.29 is 4.74 Å². The number of rotatable bonds is 2. The molecule has 2 aromatic rings. The highest BCUT2D eigenvalue weighted by Crippen LogP contribution is 2.32. The highest BCUT2D eigenvalue weighted by molar-refractivity contribution is 5.34. The van der Waals surface area contributed by atoms with Crippen LogP contribution < -0.4 is 5.32 Å². The van der Waals surface area contributed by atoms with Gasteiger partial charge in [0.05, 0.1) is 6.04 Å². The number of nitrogens with zero attached hydrogens (tertiary/aromatic N) is 3. The van der Waals surface area contributed by atoms with E-state index in [9.17, 15) is 0 Å². The normalized spacial score (nSPS) is 24.6. The molecule has 2 atom stereocenters. The second-order valence-corrected chi connectivity index (χ2v) is 5.89. The molecule has 1 N–H and O–H groups in total. The molecule has 21 heavy (non-hydrogen) atoms. The first-order valence-corrected chi connectivity index (χ1v) is 7.70. The predicted octanol–water partition coefficient (Wildman–Crippen LogP) is 2.84. The number of aromatic nitrogens is 3. The highest BCUT2D eigenvalue weighted by atomic mass is 16.5. The summed E-state index contributed by atoms with van der Waals surface area (Å²) < 4.78 is 7.75. The Morgan fingerprint density at radius 2 is 2.29 bits per heavy atom. The van der Waals surface area contributed by atoms with Crippen LogP contribution in [-0.2, 0) is 4.74 Å². The van der Waals surface area contributed by atoms with Gasteiger partial charge in [0.25, 0.3) is 0 Å². The van der Waals surface area contributed by atoms with Gasteiger partial charge in [-0.05, 0) is 31.7 Å². The van der Waals surface area contributed by atoms with Gasteiger partial charge >= 0.3 is 0 Å². The van der Waals surface area contributed by atoms with E-state index in [0.717, 1.165) is 44.2 Å². The fraction of sp³-hybridized carbons (Fsp3) is 0.500. The van der Waals surface area contributed by atoms with Crippen LogP contribution in [-0.4, -0.2) is 27.9 Å². The SMILES string of the molecule is Cc1cccc(C2CCNc3nc(C4CCCO4)nn32)c1. The van der Waals surface area contributed by atoms with E-state index >= 15 is 0 Å². The second kappa shape index (κ2) is 5.15. The third-order valence-electron chi connectivity index (χ3n) is 4.29. The Kier molecular flexibility index (Phi) is 3.15. The van der Waals surface area contributed by atoms with E-state index < -0.39 is 0 Å². The van der Waals surface area contributed by atoms with E-state index in [1.54, 1.807) is 0 Å². The number of hydrogen-bond acceptors (Lipinski definition) is 4. The van der Waals surface area contributed by atoms with Gasteiger partial charge in [0.1, 0.15) is 6.10 Å². The first kappa shape index (κ1) is 12.8. The molecule has 110 valence electrons. The van der Waals surface area contributed by atoms with E-state index in [1.807, 2.05) is 4.68 Å². The molecule has 0 spiro atoms. The van der Waals surface area contributed by atoms with E-state index in [1.165, 1.54) is 11.1 Å². The minimum atomic E-state index is 0.0723. The summed E-state index contributed by atoms with van der Waals surface area (Å²) in [6, 6.07) is 8.94. The fourth-order valence-corrected chi connectivity index (χ4v) is 3.22. The van der Waals surface area contributed by atoms with Gasteiger partial charge in [-0.3, -0.25) is 0 Å². The summed E-state index contributed by atoms with van der Waals surface area (Å²) >= 11 is 0. The van der Waals surface area contributed by atoms with Gasteiger partial charge in [0.2, 0.25) is 5.95 Å². The van der Waals surface area contributed by atoms with Crippen molar-refractivity contribution in [3.05, 3.63) is 41.2 Å². The van der Waals surface area contributed by atoms with Crippen LogP contribution in [0.1, 0.15) is 48.4 Å². The van der Waals surface area contributed by atoms with Crippen molar-refractivity contribution >= 4 is 5.95 Å². The zero-order chi connectivity index (χ0) is 14.2. The maximum atomic E-state index is 5.71. The molecule has 1 saturated heterocycles. The van der Waals surface area contributed by atoms with Gasteiger partial charge in [-0.15, -0.1) is 0 Å². The lowest BCUT2D eigenvalue weighted by molar-refractivity contribution is 0.105. The quantitative estimate of drug-likeness (QED) is 0.921. The van der Waals surface area contributed by atoms with Gasteiger partial charge < -0.3 is 10.1 Å². The smallest absolute Gasteiger partial charge is 0.222 e. The Hall–Kier alpha value is -1.88. The molecule has 2 aliphatic heterocycles. The van der Waals surface area contributed by atoms with Crippen LogP contribution >= 0.6 is 0 Å². The van der Waals surface area contributed by atoms with Crippen LogP contribution in [0.3, 0.4) is 0 Å². The molecule has 0 radical (unpaired) electrons. The highest BCUT2D eigenvalue weighted by Gasteiger charge is 2.28. The van der Waals surface area contributed by atoms with Crippen molar-refractivity contribution in [2.45, 2.75) is 38.3 Å². The predicted molar refractivity (Wildman–Crippen MR) is 80.4 cm³/mol. The van der Waals surface area contributed by atoms with Crippen LogP contribution in [0.4, 0.5) is 5.95 Å². The monoisotopic (exact) mass is 284 g/mol. The average Bonchev–Trinajstić information content (AvgIpc) is 3.15. The van der Waals surface area contributed by atoms with E-state index in [4.69, 9.17) is 9.84 Å². The molecule has 2 unspecified atom stereocenters. The van der Waals surface area contributed by atoms with Gasteiger partial charge in [-0.25, -0.2) is 4.68 Å². The van der Waals surface area contributed by atoms with Gasteiger partial charge in [-0.1, -0.05) is 29.8 Å². The van der Waals surface area contributed by atoms with Crippen molar-refractivity contribution in [1.29, 1.82) is 0 Å². The summed E-state index contributed by atoms with van der Waals surface area (Å²) in [7, 11) is 0. The Morgan fingerprint density at radius 3 is 3.10 bits per heavy atom. The second-order valence-electron chi connectivity index (χ2n) is 5.89. The molecule has 4 rings (SSSR count). The Morgan fingerprint density at radius 1 is 1.33 bits per heavy atom. The summed E-state index contributed by atoms with van der Waals surface area (Å²) in [6.45, 7) is 3.89. The zero-order valence-electron chi connectivity index (χ0n) is 12.2. The van der Waals surface area contributed by atoms with Crippen LogP contribution in [0.25, 0.3) is 0 Å². The fourth-order valence-electron chi connectivity index (χ4n) is 3.22. The average molecular weight is 284 g/mol. The number of benzene rings is 1. The summed E-state index contributed by atoms with van der Waals surface area (Å²) in [5, 5.41) is 8.09. The lowest BCUT2D eigenvalue weighted by atomic mass is 10.0. The summed E-state index contributed by atoms with van der Waals surface area (Å²) in [6.07, 6.45) is 3.23. The maximum absolute atomic E-state index is 5.71. The summed E-state index contributed by atoms with van der Waals surface area (Å²) in [5.74, 6) is 1.70. The summed E-state index contributed by atoms with van der Waals surface area (Å²) in [4.78, 5) is 4.65. The van der Waals surface area contributed by atoms with E-state index in [2.05, 4.69) is 41.5 Å². The molecule has 0 aliphatic carbocycles. The number of nitrogens with one attached hydrogen (secondary N) is 1. The summed E-state index contributed by atoms with van der Waals surface area (Å²) in [5.41, 5.74) is 2.59. The van der Waals surface area contributed by atoms with Crippen molar-refractivity contribution in [3.8, 4) is 0 Å². The zero-order valence-corrected chi connectivity index (χ0v) is 12.2. The van der Waals surface area contributed by atoms with Crippen LogP contribution in [0.15, 0.2) is 24.3 Å². The van der Waals surface area contributed by atoms with Gasteiger partial charge in [0.15, 0.2) is 5.82 Å². The number of anilines is 1. The maximum Gasteiger partial charge on any atom is 0.222 e. The molecule has 1 aromatic carbocycles. The molecule has 3 heterocycles. The van der Waals surface area contributed by atoms with E-state index in [-0.39, 0.29) is 12.1 Å². The van der Waals surface area contributed by atoms with Crippen molar-refractivity contribution in [1.82, 2.24) is 14.8 Å². The third-order valence-corrected chi connectivity index (χ3v) is 4.29. The minimum absolute atomic E-state index is 0.0723. The number of aryl methyl sites for hydroxylation is 1. The third kappa shape index (κ3) is 2.31. The van der Waals surface area contributed by atoms with Crippen molar-refractivity contribution in [2.24, 2.45) is 0 Å². The van der Waals surface area contributed by atoms with E-state index in [0.29, 0.717) is 0 Å². The lowest BCUT2D eigenvalue weighted by Crippen LogP contribution is -2.24. The number of ether oxygens (including phenoxy) is 1. The Balaban J connectivity index is 1.70. The molecule has 0 amide bonds. The molecule has 0 bridgehead atoms. The Labute approximate surface area is 124 Å².